The number of carbonyl (C=O) groups is 3. The number of rotatable bonds is 4. The smallest absolute Gasteiger partial charge is 0.306 e. The molecule has 0 radical (unpaired) electrons. The van der Waals surface area contributed by atoms with Crippen molar-refractivity contribution in [3.63, 3.8) is 0 Å². The van der Waals surface area contributed by atoms with Crippen molar-refractivity contribution >= 4 is 29.4 Å². The minimum Gasteiger partial charge on any atom is -0.481 e. The molecule has 0 aromatic heterocycles. The lowest BCUT2D eigenvalue weighted by molar-refractivity contribution is -0.148. The van der Waals surface area contributed by atoms with E-state index in [1.807, 2.05) is 35.4 Å². The number of amides is 2. The Bertz CT molecular complexity index is 960. The van der Waals surface area contributed by atoms with Crippen LogP contribution in [0.15, 0.2) is 36.0 Å². The van der Waals surface area contributed by atoms with Crippen LogP contribution < -0.4 is 5.43 Å². The van der Waals surface area contributed by atoms with E-state index in [-0.39, 0.29) is 36.5 Å². The Morgan fingerprint density at radius 1 is 1.12 bits per heavy atom. The van der Waals surface area contributed by atoms with E-state index in [4.69, 9.17) is 16.3 Å². The normalized spacial score (nSPS) is 27.9. The molecule has 4 heterocycles. The van der Waals surface area contributed by atoms with Crippen LogP contribution in [0.1, 0.15) is 24.4 Å². The number of hydrogen-bond donors (Lipinski definition) is 2. The van der Waals surface area contributed by atoms with E-state index in [1.165, 1.54) is 0 Å². The molecule has 3 fully saturated rings. The van der Waals surface area contributed by atoms with Gasteiger partial charge in [0.2, 0.25) is 5.91 Å². The number of ether oxygens (including phenoxy) is 1. The van der Waals surface area contributed by atoms with Crippen LogP contribution in [0, 0.1) is 5.92 Å². The summed E-state index contributed by atoms with van der Waals surface area (Å²) in [6, 6.07) is 7.00. The van der Waals surface area contributed by atoms with E-state index < -0.39 is 11.9 Å². The molecule has 0 bridgehead atoms. The maximum atomic E-state index is 13.4. The topological polar surface area (TPSA) is 102 Å². The number of aliphatic carboxylic acids is 1. The Balaban J connectivity index is 1.32. The molecule has 3 atom stereocenters. The second kappa shape index (κ2) is 8.38. The number of nitrogens with zero attached hydrogens (tertiary/aromatic N) is 3. The van der Waals surface area contributed by atoms with Gasteiger partial charge in [-0.2, -0.15) is 0 Å². The molecule has 1 aromatic rings. The zero-order chi connectivity index (χ0) is 22.4. The van der Waals surface area contributed by atoms with E-state index in [9.17, 15) is 19.5 Å². The molecule has 0 spiro atoms. The number of carbonyl (C=O) groups excluding carboxylic acids is 2. The lowest BCUT2D eigenvalue weighted by Gasteiger charge is -2.43. The van der Waals surface area contributed by atoms with Crippen LogP contribution in [0.2, 0.25) is 5.02 Å². The number of nitrogens with one attached hydrogen (secondary N) is 1. The molecule has 0 saturated carbocycles. The molecule has 3 unspecified atom stereocenters. The van der Waals surface area contributed by atoms with Crippen LogP contribution in [-0.4, -0.2) is 82.6 Å². The average Bonchev–Trinajstić information content (AvgIpc) is 3.44. The fraction of sp³-hybridized carbons (Fsp3) is 0.500. The standard InChI is InChI=1S/C22H25ClN4O5/c23-15-3-1-13(2-4-15)16-9-17-21(29)26(18-11-32-12-19(18)27(17)24-16)10-20(28)25-7-5-14(6-8-25)22(30)31/h1-4,9,14,16,18-19,24H,5-8,10-12H2,(H,30,31). The van der Waals surface area contributed by atoms with Gasteiger partial charge in [0.25, 0.3) is 5.91 Å². The van der Waals surface area contributed by atoms with Crippen molar-refractivity contribution in [2.75, 3.05) is 32.8 Å². The molecule has 4 aliphatic rings. The number of fused-ring (bicyclic) bond motifs is 3. The van der Waals surface area contributed by atoms with Crippen LogP contribution in [0.3, 0.4) is 0 Å². The van der Waals surface area contributed by atoms with E-state index in [1.54, 1.807) is 9.80 Å². The van der Waals surface area contributed by atoms with Gasteiger partial charge in [0, 0.05) is 18.1 Å². The van der Waals surface area contributed by atoms with Crippen molar-refractivity contribution in [3.05, 3.63) is 46.6 Å². The number of halogens is 1. The molecule has 170 valence electrons. The predicted molar refractivity (Wildman–Crippen MR) is 114 cm³/mol. The molecule has 5 rings (SSSR count). The zero-order valence-corrected chi connectivity index (χ0v) is 18.2. The number of likely N-dealkylation sites (tertiary alicyclic amines) is 1. The Morgan fingerprint density at radius 3 is 2.50 bits per heavy atom. The van der Waals surface area contributed by atoms with Gasteiger partial charge < -0.3 is 19.6 Å². The largest absolute Gasteiger partial charge is 0.481 e. The molecule has 2 N–H and O–H groups in total. The summed E-state index contributed by atoms with van der Waals surface area (Å²) in [5, 5.41) is 11.7. The van der Waals surface area contributed by atoms with Gasteiger partial charge in [-0.25, -0.2) is 5.43 Å². The minimum absolute atomic E-state index is 0.0299. The van der Waals surface area contributed by atoms with Gasteiger partial charge in [-0.15, -0.1) is 0 Å². The van der Waals surface area contributed by atoms with Gasteiger partial charge >= 0.3 is 5.97 Å². The zero-order valence-electron chi connectivity index (χ0n) is 17.4. The first-order valence-corrected chi connectivity index (χ1v) is 11.2. The summed E-state index contributed by atoms with van der Waals surface area (Å²) >= 11 is 6.00. The first-order chi connectivity index (χ1) is 15.4. The second-order valence-electron chi connectivity index (χ2n) is 8.68. The second-order valence-corrected chi connectivity index (χ2v) is 9.12. The van der Waals surface area contributed by atoms with Crippen molar-refractivity contribution < 1.29 is 24.2 Å². The maximum absolute atomic E-state index is 13.4. The molecule has 10 heteroatoms. The van der Waals surface area contributed by atoms with Gasteiger partial charge in [-0.1, -0.05) is 23.7 Å². The van der Waals surface area contributed by atoms with Gasteiger partial charge in [-0.3, -0.25) is 19.4 Å². The maximum Gasteiger partial charge on any atom is 0.306 e. The van der Waals surface area contributed by atoms with Gasteiger partial charge in [0.15, 0.2) is 0 Å². The van der Waals surface area contributed by atoms with Crippen molar-refractivity contribution in [1.82, 2.24) is 20.2 Å². The number of piperazine rings is 1. The molecular formula is C22H25ClN4O5. The van der Waals surface area contributed by atoms with Crippen molar-refractivity contribution in [2.24, 2.45) is 5.92 Å². The molecule has 0 aliphatic carbocycles. The van der Waals surface area contributed by atoms with E-state index in [2.05, 4.69) is 5.43 Å². The van der Waals surface area contributed by atoms with E-state index in [0.717, 1.165) is 5.56 Å². The average molecular weight is 461 g/mol. The Hall–Kier alpha value is -2.62. The monoisotopic (exact) mass is 460 g/mol. The number of carboxylic acid groups (broad SMARTS) is 1. The molecule has 1 aromatic carbocycles. The third-order valence-electron chi connectivity index (χ3n) is 6.83. The SMILES string of the molecule is O=C(O)C1CCN(C(=O)CN2C(=O)C3=CC(c4ccc(Cl)cc4)NN3C3COCC32)CC1. The summed E-state index contributed by atoms with van der Waals surface area (Å²) in [6.07, 6.45) is 2.77. The highest BCUT2D eigenvalue weighted by Gasteiger charge is 2.50. The number of hydrogen-bond acceptors (Lipinski definition) is 6. The van der Waals surface area contributed by atoms with Gasteiger partial charge in [0.05, 0.1) is 37.3 Å². The molecule has 9 nitrogen and oxygen atoms in total. The summed E-state index contributed by atoms with van der Waals surface area (Å²) in [4.78, 5) is 40.8. The summed E-state index contributed by atoms with van der Waals surface area (Å²) in [5.41, 5.74) is 4.91. The lowest BCUT2D eigenvalue weighted by Crippen LogP contribution is -2.63. The fourth-order valence-corrected chi connectivity index (χ4v) is 5.09. The highest BCUT2D eigenvalue weighted by molar-refractivity contribution is 6.30. The Kier molecular flexibility index (Phi) is 5.56. The molecule has 32 heavy (non-hydrogen) atoms. The van der Waals surface area contributed by atoms with Gasteiger partial charge in [0.1, 0.15) is 12.2 Å². The summed E-state index contributed by atoms with van der Waals surface area (Å²) in [6.45, 7) is 1.61. The van der Waals surface area contributed by atoms with Crippen molar-refractivity contribution in [1.29, 1.82) is 0 Å². The summed E-state index contributed by atoms with van der Waals surface area (Å²) in [5.74, 6) is -1.57. The third-order valence-corrected chi connectivity index (χ3v) is 7.08. The predicted octanol–water partition coefficient (Wildman–Crippen LogP) is 1.02. The van der Waals surface area contributed by atoms with Crippen LogP contribution >= 0.6 is 11.6 Å². The van der Waals surface area contributed by atoms with Crippen LogP contribution in [-0.2, 0) is 19.1 Å². The van der Waals surface area contributed by atoms with Crippen molar-refractivity contribution in [3.8, 4) is 0 Å². The van der Waals surface area contributed by atoms with Crippen LogP contribution in [0.25, 0.3) is 0 Å². The molecular weight excluding hydrogens is 436 g/mol. The minimum atomic E-state index is -0.815. The van der Waals surface area contributed by atoms with Crippen molar-refractivity contribution in [2.45, 2.75) is 31.0 Å². The Morgan fingerprint density at radius 2 is 1.81 bits per heavy atom. The Labute approximate surface area is 190 Å². The molecule has 3 saturated heterocycles. The highest BCUT2D eigenvalue weighted by atomic mass is 35.5. The van der Waals surface area contributed by atoms with Crippen LogP contribution in [0.5, 0.6) is 0 Å². The molecule has 2 amide bonds. The van der Waals surface area contributed by atoms with Gasteiger partial charge in [-0.05, 0) is 36.6 Å². The third kappa shape index (κ3) is 3.74. The van der Waals surface area contributed by atoms with Crippen LogP contribution in [0.4, 0.5) is 0 Å². The number of piperidine rings is 1. The number of hydrazine groups is 1. The summed E-state index contributed by atoms with van der Waals surface area (Å²) in [7, 11) is 0. The first-order valence-electron chi connectivity index (χ1n) is 10.8. The van der Waals surface area contributed by atoms with E-state index >= 15 is 0 Å². The fourth-order valence-electron chi connectivity index (χ4n) is 4.97. The first kappa shape index (κ1) is 21.2. The summed E-state index contributed by atoms with van der Waals surface area (Å²) < 4.78 is 5.69. The number of carboxylic acids is 1. The lowest BCUT2D eigenvalue weighted by atomic mass is 9.97. The highest BCUT2D eigenvalue weighted by Crippen LogP contribution is 2.35. The number of benzene rings is 1. The van der Waals surface area contributed by atoms with E-state index in [0.29, 0.717) is 49.9 Å². The molecule has 4 aliphatic heterocycles. The quantitative estimate of drug-likeness (QED) is 0.691.